The van der Waals surface area contributed by atoms with Crippen LogP contribution in [0.2, 0.25) is 0 Å². The fourth-order valence-electron chi connectivity index (χ4n) is 1.94. The van der Waals surface area contributed by atoms with Crippen LogP contribution in [-0.4, -0.2) is 29.6 Å². The van der Waals surface area contributed by atoms with E-state index in [1.54, 1.807) is 12.1 Å². The van der Waals surface area contributed by atoms with E-state index in [1.165, 1.54) is 24.1 Å². The van der Waals surface area contributed by atoms with Gasteiger partial charge < -0.3 is 10.1 Å². The van der Waals surface area contributed by atoms with Crippen molar-refractivity contribution in [2.75, 3.05) is 13.7 Å². The Morgan fingerprint density at radius 3 is 2.85 bits per heavy atom. The van der Waals surface area contributed by atoms with E-state index in [2.05, 4.69) is 5.32 Å². The van der Waals surface area contributed by atoms with E-state index < -0.39 is 5.82 Å². The summed E-state index contributed by atoms with van der Waals surface area (Å²) in [5, 5.41) is 3.24. The monoisotopic (exact) mass is 294 g/mol. The molecule has 20 heavy (non-hydrogen) atoms. The lowest BCUT2D eigenvalue weighted by Gasteiger charge is -2.11. The maximum atomic E-state index is 13.6. The summed E-state index contributed by atoms with van der Waals surface area (Å²) < 4.78 is 18.4. The van der Waals surface area contributed by atoms with Gasteiger partial charge in [-0.3, -0.25) is 9.69 Å². The maximum Gasteiger partial charge on any atom is 0.276 e. The summed E-state index contributed by atoms with van der Waals surface area (Å²) in [6, 6.07) is 4.50. The number of nitrogens with one attached hydrogen (secondary N) is 1. The number of benzene rings is 1. The highest BCUT2D eigenvalue weighted by Crippen LogP contribution is 2.20. The molecular weight excluding hydrogens is 279 g/mol. The van der Waals surface area contributed by atoms with E-state index in [1.807, 2.05) is 6.92 Å². The normalized spacial score (nSPS) is 16.8. The Bertz CT molecular complexity index is 587. The first kappa shape index (κ1) is 14.5. The highest BCUT2D eigenvalue weighted by Gasteiger charge is 2.29. The highest BCUT2D eigenvalue weighted by molar-refractivity contribution is 7.80. The van der Waals surface area contributed by atoms with E-state index >= 15 is 0 Å². The minimum absolute atomic E-state index is 0.168. The molecule has 1 aliphatic rings. The number of rotatable bonds is 4. The molecule has 4 nitrogen and oxygen atoms in total. The van der Waals surface area contributed by atoms with Gasteiger partial charge in [-0.2, -0.15) is 0 Å². The minimum Gasteiger partial charge on any atom is -0.494 e. The van der Waals surface area contributed by atoms with Gasteiger partial charge in [0, 0.05) is 6.54 Å². The average molecular weight is 294 g/mol. The minimum atomic E-state index is -0.472. The zero-order valence-corrected chi connectivity index (χ0v) is 12.1. The number of nitrogens with zero attached hydrogens (tertiary/aromatic N) is 1. The molecule has 1 heterocycles. The highest BCUT2D eigenvalue weighted by atomic mass is 32.1. The number of methoxy groups -OCH3 is 1. The number of halogens is 1. The predicted molar refractivity (Wildman–Crippen MR) is 78.7 cm³/mol. The fraction of sp³-hybridized carbons (Fsp3) is 0.286. The Hall–Kier alpha value is -1.95. The lowest BCUT2D eigenvalue weighted by molar-refractivity contribution is -0.122. The lowest BCUT2D eigenvalue weighted by Crippen LogP contribution is -2.31. The third-order valence-electron chi connectivity index (χ3n) is 2.90. The van der Waals surface area contributed by atoms with Gasteiger partial charge in [0.1, 0.15) is 5.70 Å². The van der Waals surface area contributed by atoms with E-state index in [-0.39, 0.29) is 11.7 Å². The van der Waals surface area contributed by atoms with Crippen molar-refractivity contribution in [3.8, 4) is 5.75 Å². The molecule has 1 aromatic rings. The van der Waals surface area contributed by atoms with Crippen LogP contribution in [0, 0.1) is 5.82 Å². The predicted octanol–water partition coefficient (Wildman–Crippen LogP) is 2.30. The van der Waals surface area contributed by atoms with Crippen molar-refractivity contribution in [3.05, 3.63) is 35.3 Å². The van der Waals surface area contributed by atoms with Gasteiger partial charge in [0.15, 0.2) is 16.7 Å². The molecule has 1 amide bonds. The van der Waals surface area contributed by atoms with E-state index in [4.69, 9.17) is 17.0 Å². The summed E-state index contributed by atoms with van der Waals surface area (Å²) in [5.41, 5.74) is 0.924. The molecule has 0 atom stereocenters. The van der Waals surface area contributed by atoms with Gasteiger partial charge >= 0.3 is 0 Å². The first-order chi connectivity index (χ1) is 9.56. The molecule has 1 aliphatic heterocycles. The van der Waals surface area contributed by atoms with Crippen LogP contribution in [0.3, 0.4) is 0 Å². The second-order valence-corrected chi connectivity index (χ2v) is 4.73. The second kappa shape index (κ2) is 6.00. The number of ether oxygens (including phenoxy) is 1. The van der Waals surface area contributed by atoms with E-state index in [0.29, 0.717) is 22.9 Å². The van der Waals surface area contributed by atoms with Crippen molar-refractivity contribution in [1.29, 1.82) is 0 Å². The average Bonchev–Trinajstić information content (AvgIpc) is 2.67. The van der Waals surface area contributed by atoms with Gasteiger partial charge in [-0.1, -0.05) is 13.0 Å². The zero-order chi connectivity index (χ0) is 14.7. The standard InChI is InChI=1S/C14H15FN2O2S/c1-3-6-17-13(18)11(16-14(17)20)8-9-4-5-12(19-2)10(15)7-9/h4-5,7-8H,3,6H2,1-2H3,(H,16,20)/b11-8+. The van der Waals surface area contributed by atoms with Gasteiger partial charge in [-0.05, 0) is 42.4 Å². The number of carbonyl (C=O) groups is 1. The molecular formula is C14H15FN2O2S. The molecule has 0 unspecified atom stereocenters. The number of carbonyl (C=O) groups excluding carboxylic acids is 1. The van der Waals surface area contributed by atoms with Gasteiger partial charge in [-0.25, -0.2) is 4.39 Å². The quantitative estimate of drug-likeness (QED) is 0.683. The van der Waals surface area contributed by atoms with Gasteiger partial charge in [-0.15, -0.1) is 0 Å². The molecule has 0 aromatic heterocycles. The Morgan fingerprint density at radius 1 is 1.50 bits per heavy atom. The topological polar surface area (TPSA) is 41.6 Å². The van der Waals surface area contributed by atoms with Crippen molar-refractivity contribution in [2.24, 2.45) is 0 Å². The molecule has 0 radical (unpaired) electrons. The molecule has 106 valence electrons. The Labute approximate surface area is 122 Å². The zero-order valence-electron chi connectivity index (χ0n) is 11.3. The summed E-state index contributed by atoms with van der Waals surface area (Å²) in [6.07, 6.45) is 2.39. The first-order valence-electron chi connectivity index (χ1n) is 6.25. The van der Waals surface area contributed by atoms with Crippen LogP contribution >= 0.6 is 12.2 Å². The molecule has 1 saturated heterocycles. The van der Waals surface area contributed by atoms with Crippen LogP contribution in [0.15, 0.2) is 23.9 Å². The molecule has 0 bridgehead atoms. The molecule has 0 spiro atoms. The van der Waals surface area contributed by atoms with Gasteiger partial charge in [0.2, 0.25) is 0 Å². The number of amides is 1. The van der Waals surface area contributed by atoms with E-state index in [9.17, 15) is 9.18 Å². The first-order valence-corrected chi connectivity index (χ1v) is 6.65. The maximum absolute atomic E-state index is 13.6. The summed E-state index contributed by atoms with van der Waals surface area (Å²) in [7, 11) is 1.40. The molecule has 1 aromatic carbocycles. The van der Waals surface area contributed by atoms with Crippen LogP contribution in [-0.2, 0) is 4.79 Å². The largest absolute Gasteiger partial charge is 0.494 e. The number of hydrogen-bond donors (Lipinski definition) is 1. The molecule has 1 fully saturated rings. The Balaban J connectivity index is 2.26. The van der Waals surface area contributed by atoms with Crippen molar-refractivity contribution < 1.29 is 13.9 Å². The van der Waals surface area contributed by atoms with E-state index in [0.717, 1.165) is 6.42 Å². The molecule has 1 N–H and O–H groups in total. The van der Waals surface area contributed by atoms with Crippen LogP contribution < -0.4 is 10.1 Å². The molecule has 0 saturated carbocycles. The Morgan fingerprint density at radius 2 is 2.25 bits per heavy atom. The van der Waals surface area contributed by atoms with Crippen molar-refractivity contribution >= 4 is 29.3 Å². The third kappa shape index (κ3) is 2.80. The molecule has 6 heteroatoms. The van der Waals surface area contributed by atoms with Crippen molar-refractivity contribution in [2.45, 2.75) is 13.3 Å². The summed E-state index contributed by atoms with van der Waals surface area (Å²) in [5.74, 6) is -0.491. The molecule has 2 rings (SSSR count). The van der Waals surface area contributed by atoms with Gasteiger partial charge in [0.25, 0.3) is 5.91 Å². The van der Waals surface area contributed by atoms with Crippen molar-refractivity contribution in [3.63, 3.8) is 0 Å². The summed E-state index contributed by atoms with van der Waals surface area (Å²) in [4.78, 5) is 13.6. The smallest absolute Gasteiger partial charge is 0.276 e. The van der Waals surface area contributed by atoms with Crippen LogP contribution in [0.5, 0.6) is 5.75 Å². The Kier molecular flexibility index (Phi) is 4.34. The van der Waals surface area contributed by atoms with Crippen LogP contribution in [0.25, 0.3) is 6.08 Å². The fourth-order valence-corrected chi connectivity index (χ4v) is 2.22. The molecule has 0 aliphatic carbocycles. The summed E-state index contributed by atoms with van der Waals surface area (Å²) in [6.45, 7) is 2.54. The van der Waals surface area contributed by atoms with Crippen molar-refractivity contribution in [1.82, 2.24) is 10.2 Å². The SMILES string of the molecule is CCCN1C(=O)/C(=C\c2ccc(OC)c(F)c2)NC1=S. The second-order valence-electron chi connectivity index (χ2n) is 4.34. The van der Waals surface area contributed by atoms with Crippen LogP contribution in [0.1, 0.15) is 18.9 Å². The van der Waals surface area contributed by atoms with Crippen LogP contribution in [0.4, 0.5) is 4.39 Å². The number of thiocarbonyl (C=S) groups is 1. The lowest BCUT2D eigenvalue weighted by atomic mass is 10.1. The number of hydrogen-bond acceptors (Lipinski definition) is 3. The van der Waals surface area contributed by atoms with Gasteiger partial charge in [0.05, 0.1) is 7.11 Å². The third-order valence-corrected chi connectivity index (χ3v) is 3.22. The summed E-state index contributed by atoms with van der Waals surface area (Å²) >= 11 is 5.10.